The predicted octanol–water partition coefficient (Wildman–Crippen LogP) is 2.87. The molecule has 2 heterocycles. The van der Waals surface area contributed by atoms with Crippen LogP contribution in [0, 0.1) is 0 Å². The Kier molecular flexibility index (Phi) is 4.59. The highest BCUT2D eigenvalue weighted by Crippen LogP contribution is 2.23. The normalized spacial score (nSPS) is 19.6. The van der Waals surface area contributed by atoms with Gasteiger partial charge in [-0.2, -0.15) is 0 Å². The molecule has 1 fully saturated rings. The van der Waals surface area contributed by atoms with Crippen LogP contribution in [0.3, 0.4) is 0 Å². The molecule has 0 radical (unpaired) electrons. The zero-order valence-corrected chi connectivity index (χ0v) is 14.7. The fourth-order valence-corrected chi connectivity index (χ4v) is 4.94. The second-order valence-corrected chi connectivity index (χ2v) is 8.74. The number of carbonyl (C=O) groups is 1. The van der Waals surface area contributed by atoms with Gasteiger partial charge in [-0.1, -0.05) is 28.1 Å². The molecule has 0 unspecified atom stereocenters. The van der Waals surface area contributed by atoms with Gasteiger partial charge in [0.2, 0.25) is 0 Å². The van der Waals surface area contributed by atoms with Crippen LogP contribution in [0.25, 0.3) is 0 Å². The monoisotopic (exact) mass is 397 g/mol. The summed E-state index contributed by atoms with van der Waals surface area (Å²) in [6.45, 7) is 0.346. The van der Waals surface area contributed by atoms with E-state index in [2.05, 4.69) is 15.9 Å². The summed E-state index contributed by atoms with van der Waals surface area (Å²) >= 11 is 3.41. The molecule has 3 rings (SSSR count). The van der Waals surface area contributed by atoms with Crippen molar-refractivity contribution in [2.75, 3.05) is 11.5 Å². The van der Waals surface area contributed by atoms with Gasteiger partial charge in [0.05, 0.1) is 17.8 Å². The summed E-state index contributed by atoms with van der Waals surface area (Å²) in [6.07, 6.45) is 1.90. The molecule has 1 atom stereocenters. The molecule has 0 bridgehead atoms. The molecular weight excluding hydrogens is 382 g/mol. The topological polar surface area (TPSA) is 67.6 Å². The number of carbonyl (C=O) groups excluding carboxylic acids is 1. The van der Waals surface area contributed by atoms with Crippen molar-refractivity contribution in [3.63, 3.8) is 0 Å². The lowest BCUT2D eigenvalue weighted by atomic mass is 10.1. The molecule has 1 saturated heterocycles. The van der Waals surface area contributed by atoms with E-state index in [1.807, 2.05) is 24.3 Å². The first-order valence-electron chi connectivity index (χ1n) is 7.24. The van der Waals surface area contributed by atoms with Crippen molar-refractivity contribution in [1.29, 1.82) is 0 Å². The minimum absolute atomic E-state index is 0.00739. The van der Waals surface area contributed by atoms with Crippen molar-refractivity contribution in [2.24, 2.45) is 0 Å². The standard InChI is InChI=1S/C16H16BrNO4S/c17-13-4-1-3-12(9-13)10-18(14-6-8-23(20,21)11-14)16(19)15-5-2-7-22-15/h1-5,7,9,14H,6,8,10-11H2/t14-/m1/s1. The molecule has 1 aromatic heterocycles. The van der Waals surface area contributed by atoms with Gasteiger partial charge in [-0.3, -0.25) is 4.79 Å². The summed E-state index contributed by atoms with van der Waals surface area (Å²) in [7, 11) is -3.08. The summed E-state index contributed by atoms with van der Waals surface area (Å²) in [5, 5.41) is 0. The highest BCUT2D eigenvalue weighted by molar-refractivity contribution is 9.10. The Labute approximate surface area is 143 Å². The van der Waals surface area contributed by atoms with Crippen molar-refractivity contribution in [1.82, 2.24) is 4.90 Å². The molecule has 0 saturated carbocycles. The van der Waals surface area contributed by atoms with Gasteiger partial charge in [0.15, 0.2) is 15.6 Å². The number of nitrogens with zero attached hydrogens (tertiary/aromatic N) is 1. The van der Waals surface area contributed by atoms with Gasteiger partial charge in [0.25, 0.3) is 5.91 Å². The Balaban J connectivity index is 1.88. The maximum atomic E-state index is 12.7. The minimum Gasteiger partial charge on any atom is -0.459 e. The van der Waals surface area contributed by atoms with Crippen LogP contribution in [0.2, 0.25) is 0 Å². The molecule has 0 aliphatic carbocycles. The Morgan fingerprint density at radius 1 is 1.30 bits per heavy atom. The van der Waals surface area contributed by atoms with Crippen LogP contribution in [0.1, 0.15) is 22.5 Å². The maximum Gasteiger partial charge on any atom is 0.290 e. The molecule has 0 spiro atoms. The Bertz CT molecular complexity index is 801. The highest BCUT2D eigenvalue weighted by atomic mass is 79.9. The fourth-order valence-electron chi connectivity index (χ4n) is 2.76. The second kappa shape index (κ2) is 6.49. The number of sulfone groups is 1. The molecule has 1 aliphatic heterocycles. The first kappa shape index (κ1) is 16.3. The number of rotatable bonds is 4. The minimum atomic E-state index is -3.08. The van der Waals surface area contributed by atoms with Gasteiger partial charge in [-0.15, -0.1) is 0 Å². The smallest absolute Gasteiger partial charge is 0.290 e. The molecule has 122 valence electrons. The molecule has 1 aromatic carbocycles. The van der Waals surface area contributed by atoms with E-state index in [0.717, 1.165) is 10.0 Å². The summed E-state index contributed by atoms with van der Waals surface area (Å²) in [5.74, 6) is 0.0762. The van der Waals surface area contributed by atoms with Gasteiger partial charge < -0.3 is 9.32 Å². The van der Waals surface area contributed by atoms with Crippen LogP contribution in [0.5, 0.6) is 0 Å². The Morgan fingerprint density at radius 3 is 2.74 bits per heavy atom. The zero-order valence-electron chi connectivity index (χ0n) is 12.3. The van der Waals surface area contributed by atoms with Crippen LogP contribution in [-0.4, -0.2) is 36.8 Å². The van der Waals surface area contributed by atoms with Crippen molar-refractivity contribution >= 4 is 31.7 Å². The van der Waals surface area contributed by atoms with Crippen molar-refractivity contribution in [3.8, 4) is 0 Å². The fraction of sp³-hybridized carbons (Fsp3) is 0.312. The average molecular weight is 398 g/mol. The van der Waals surface area contributed by atoms with E-state index >= 15 is 0 Å². The molecule has 1 amide bonds. The van der Waals surface area contributed by atoms with E-state index in [-0.39, 0.29) is 29.2 Å². The summed E-state index contributed by atoms with van der Waals surface area (Å²) in [5.41, 5.74) is 0.934. The molecule has 2 aromatic rings. The van der Waals surface area contributed by atoms with E-state index in [0.29, 0.717) is 13.0 Å². The summed E-state index contributed by atoms with van der Waals surface area (Å²) in [4.78, 5) is 14.3. The van der Waals surface area contributed by atoms with E-state index < -0.39 is 9.84 Å². The van der Waals surface area contributed by atoms with E-state index in [4.69, 9.17) is 4.42 Å². The van der Waals surface area contributed by atoms with Crippen LogP contribution in [-0.2, 0) is 16.4 Å². The number of amides is 1. The number of halogens is 1. The van der Waals surface area contributed by atoms with Gasteiger partial charge >= 0.3 is 0 Å². The SMILES string of the molecule is O=C(c1ccco1)N(Cc1cccc(Br)c1)[C@@H]1CCS(=O)(=O)C1. The molecule has 23 heavy (non-hydrogen) atoms. The van der Waals surface area contributed by atoms with E-state index in [1.54, 1.807) is 17.0 Å². The van der Waals surface area contributed by atoms with E-state index in [9.17, 15) is 13.2 Å². The predicted molar refractivity (Wildman–Crippen MR) is 89.8 cm³/mol. The quantitative estimate of drug-likeness (QED) is 0.795. The molecule has 5 nitrogen and oxygen atoms in total. The van der Waals surface area contributed by atoms with Gasteiger partial charge in [0.1, 0.15) is 0 Å². The number of benzene rings is 1. The van der Waals surface area contributed by atoms with Crippen molar-refractivity contribution in [2.45, 2.75) is 19.0 Å². The lowest BCUT2D eigenvalue weighted by Gasteiger charge is -2.27. The van der Waals surface area contributed by atoms with E-state index in [1.165, 1.54) is 6.26 Å². The first-order valence-corrected chi connectivity index (χ1v) is 9.85. The second-order valence-electron chi connectivity index (χ2n) is 5.60. The average Bonchev–Trinajstić information content (AvgIpc) is 3.13. The molecular formula is C16H16BrNO4S. The third-order valence-corrected chi connectivity index (χ3v) is 6.13. The highest BCUT2D eigenvalue weighted by Gasteiger charge is 2.35. The third kappa shape index (κ3) is 3.84. The summed E-state index contributed by atoms with van der Waals surface area (Å²) in [6, 6.07) is 10.6. The molecule has 1 aliphatic rings. The third-order valence-electron chi connectivity index (χ3n) is 3.88. The van der Waals surface area contributed by atoms with Gasteiger partial charge in [-0.25, -0.2) is 8.42 Å². The lowest BCUT2D eigenvalue weighted by Crippen LogP contribution is -2.40. The maximum absolute atomic E-state index is 12.7. The van der Waals surface area contributed by atoms with Crippen LogP contribution in [0.15, 0.2) is 51.6 Å². The number of hydrogen-bond donors (Lipinski definition) is 0. The zero-order chi connectivity index (χ0) is 16.4. The molecule has 7 heteroatoms. The van der Waals surface area contributed by atoms with Crippen LogP contribution in [0.4, 0.5) is 0 Å². The Morgan fingerprint density at radius 2 is 2.13 bits per heavy atom. The lowest BCUT2D eigenvalue weighted by molar-refractivity contribution is 0.0648. The van der Waals surface area contributed by atoms with Gasteiger partial charge in [0, 0.05) is 17.1 Å². The first-order chi connectivity index (χ1) is 10.9. The number of furan rings is 1. The largest absolute Gasteiger partial charge is 0.459 e. The summed E-state index contributed by atoms with van der Waals surface area (Å²) < 4.78 is 29.7. The van der Waals surface area contributed by atoms with Gasteiger partial charge in [-0.05, 0) is 36.2 Å². The van der Waals surface area contributed by atoms with Crippen LogP contribution < -0.4 is 0 Å². The van der Waals surface area contributed by atoms with Crippen molar-refractivity contribution in [3.05, 3.63) is 58.5 Å². The molecule has 0 N–H and O–H groups in total. The van der Waals surface area contributed by atoms with Crippen molar-refractivity contribution < 1.29 is 17.6 Å². The number of hydrogen-bond acceptors (Lipinski definition) is 4. The Hall–Kier alpha value is -1.60. The van der Waals surface area contributed by atoms with Crippen LogP contribution >= 0.6 is 15.9 Å².